The van der Waals surface area contributed by atoms with Crippen LogP contribution in [0.2, 0.25) is 0 Å². The van der Waals surface area contributed by atoms with E-state index in [-0.39, 0.29) is 99.9 Å². The van der Waals surface area contributed by atoms with E-state index in [0.29, 0.717) is 55.8 Å². The second kappa shape index (κ2) is 34.8. The minimum atomic E-state index is -0.816. The molecule has 6 saturated heterocycles. The second-order valence-corrected chi connectivity index (χ2v) is 26.0. The molecule has 6 aliphatic rings. The van der Waals surface area contributed by atoms with Crippen LogP contribution in [0.25, 0.3) is 33.5 Å². The number of aromatic amines is 2. The smallest absolute Gasteiger partial charge is 0.351 e. The summed E-state index contributed by atoms with van der Waals surface area (Å²) in [7, 11) is 0. The highest BCUT2D eigenvalue weighted by molar-refractivity contribution is 9.10. The lowest BCUT2D eigenvalue weighted by Crippen LogP contribution is -2.33. The number of aliphatic hydroxyl groups is 12. The number of aryl methyl sites for hydroxylation is 1. The summed E-state index contributed by atoms with van der Waals surface area (Å²) in [4.78, 5) is 101. The standard InChI is InChI=1S/C10H12BrN5O3.C10H13N5O4.C10H13N5O3.C10H14N2O5.C9H12BrN3O4.C9H13N3O4/c11-10-15-7-8(12)13-3-14-9(7)16(10)6-1-4(18)5(2-17)19-6;11-10-13-8-7(9(18)14-10)12-3-15(8)6-1-4(17)5(2-16)19-6;11-9-8-10(13-3-12-9)15(4-14-8)7-1-5(17)6(2-16)18-7;1-5-3-12(10(16)11-9(5)15)8-2-6(14)7(4-13)17-8;10-4-2-13(9(16)12-8(4)11)7-1-5(15)6(3-14)17-7;10-7-1-2-12(9(15)11-7)8-3-5(14)6(4-13)16-8/h3-6,17-18H,1-2H2,(H2,12,13,14);3-6,16-17H,1-2H2,(H3,11,13,14,18);3-7,16-17H,1-2H2,(H2,11,12,13);3,6-8,13-14H,2,4H2,1H3,(H,11,15,16);2,5-7,14-15H,1,3H2,(H2,11,12,16);1-2,5-6,8,13-14H,3-4H2,(H2,10,11,15). The van der Waals surface area contributed by atoms with Crippen LogP contribution < -0.4 is 56.9 Å². The monoisotopic (exact) mass is 1620 g/mol. The highest BCUT2D eigenvalue weighted by Crippen LogP contribution is 2.37. The molecular formula is C58H77Br2N23O23. The van der Waals surface area contributed by atoms with Gasteiger partial charge in [-0.2, -0.15) is 15.0 Å². The number of nitrogens with two attached hydrogens (primary N) is 5. The Balaban J connectivity index is 0.000000136. The first kappa shape index (κ1) is 79.7. The maximum atomic E-state index is 11.6. The zero-order chi connectivity index (χ0) is 76.7. The zero-order valence-corrected chi connectivity index (χ0v) is 58.8. The fraction of sp³-hybridized carbons (Fsp3) is 0.534. The van der Waals surface area contributed by atoms with E-state index in [1.165, 1.54) is 61.9 Å². The van der Waals surface area contributed by atoms with Crippen LogP contribution in [0, 0.1) is 6.92 Å². The number of hydrogen-bond acceptors (Lipinski definition) is 38. The summed E-state index contributed by atoms with van der Waals surface area (Å²) in [5.74, 6) is 0.802. The van der Waals surface area contributed by atoms with Crippen LogP contribution >= 0.6 is 31.9 Å². The molecular weight excluding hydrogens is 1550 g/mol. The SMILES string of the molecule is Cc1cn(C2CC(O)C(CO)O2)c(=O)[nH]c1=O.Nc1ccn(C2CC(O)C(CO)O2)c(=O)n1.Nc1nc(=O)n(C2CC(O)C(CO)O2)cc1Br.Nc1nc2c(ncn2C2CC(O)C(CO)O2)c(=O)[nH]1.Nc1ncnc2c1nc(Br)n2C1CC(O)C(CO)O1.Nc1ncnc2c1ncn2C1CC(O)C(CO)O1. The summed E-state index contributed by atoms with van der Waals surface area (Å²) in [6.07, 6.45) is -0.112. The normalized spacial score (nSPS) is 28.1. The minimum absolute atomic E-state index is 0.0171. The fourth-order valence-electron chi connectivity index (χ4n) is 11.8. The average molecular weight is 1620 g/mol. The second-order valence-electron chi connectivity index (χ2n) is 24.4. The third-order valence-corrected chi connectivity index (χ3v) is 18.5. The van der Waals surface area contributed by atoms with Crippen molar-refractivity contribution in [2.45, 2.75) is 156 Å². The van der Waals surface area contributed by atoms with Gasteiger partial charge in [-0.1, -0.05) is 0 Å². The Morgan fingerprint density at radius 1 is 0.443 bits per heavy atom. The molecule has 0 radical (unpaired) electrons. The van der Waals surface area contributed by atoms with Crippen molar-refractivity contribution < 1.29 is 89.7 Å². The number of hydrogen-bond donors (Lipinski definition) is 19. The number of nitrogens with zero attached hydrogens (tertiary/aromatic N) is 16. The predicted molar refractivity (Wildman–Crippen MR) is 369 cm³/mol. The number of ether oxygens (including phenoxy) is 6. The maximum Gasteiger partial charge on any atom is 0.351 e. The van der Waals surface area contributed by atoms with E-state index in [1.54, 1.807) is 22.4 Å². The first-order valence-corrected chi connectivity index (χ1v) is 33.8. The summed E-state index contributed by atoms with van der Waals surface area (Å²) in [5, 5.41) is 112. The van der Waals surface area contributed by atoms with E-state index >= 15 is 0 Å². The van der Waals surface area contributed by atoms with Crippen LogP contribution in [0.15, 0.2) is 83.1 Å². The minimum Gasteiger partial charge on any atom is -0.394 e. The molecule has 0 amide bonds. The Morgan fingerprint density at radius 3 is 1.34 bits per heavy atom. The third-order valence-electron chi connectivity index (χ3n) is 17.4. The third kappa shape index (κ3) is 17.7. The average Bonchev–Trinajstić information content (AvgIpc) is 1.63. The van der Waals surface area contributed by atoms with Gasteiger partial charge in [0.2, 0.25) is 5.95 Å². The molecule has 0 aliphatic carbocycles. The van der Waals surface area contributed by atoms with Crippen LogP contribution in [0.4, 0.5) is 29.2 Å². The summed E-state index contributed by atoms with van der Waals surface area (Å²) >= 11 is 6.48. The van der Waals surface area contributed by atoms with E-state index in [9.17, 15) is 54.6 Å². The van der Waals surface area contributed by atoms with Crippen molar-refractivity contribution in [3.8, 4) is 0 Å². The van der Waals surface area contributed by atoms with Gasteiger partial charge >= 0.3 is 17.1 Å². The molecule has 6 fully saturated rings. The molecule has 24 N–H and O–H groups in total. The number of nitrogen functional groups attached to an aromatic ring is 5. The number of H-pyrrole nitrogens is 2. The van der Waals surface area contributed by atoms with Crippen molar-refractivity contribution in [2.75, 3.05) is 68.3 Å². The molecule has 0 spiro atoms. The van der Waals surface area contributed by atoms with Gasteiger partial charge in [0, 0.05) is 62.7 Å². The van der Waals surface area contributed by atoms with Gasteiger partial charge in [0.15, 0.2) is 44.3 Å². The highest BCUT2D eigenvalue weighted by atomic mass is 79.9. The Labute approximate surface area is 610 Å². The van der Waals surface area contributed by atoms with Crippen molar-refractivity contribution in [1.82, 2.24) is 87.2 Å². The molecule has 48 heteroatoms. The lowest BCUT2D eigenvalue weighted by atomic mass is 10.2. The molecule has 576 valence electrons. The van der Waals surface area contributed by atoms with Gasteiger partial charge < -0.3 is 118 Å². The molecule has 46 nitrogen and oxygen atoms in total. The first-order chi connectivity index (χ1) is 50.6. The molecule has 9 aromatic rings. The zero-order valence-electron chi connectivity index (χ0n) is 55.7. The number of imidazole rings is 3. The van der Waals surface area contributed by atoms with Gasteiger partial charge in [-0.05, 0) is 44.8 Å². The van der Waals surface area contributed by atoms with Crippen LogP contribution in [-0.4, -0.2) is 261 Å². The molecule has 9 aromatic heterocycles. The summed E-state index contributed by atoms with van der Waals surface area (Å²) < 4.78 is 42.2. The number of aliphatic hydroxyl groups excluding tert-OH is 12. The Kier molecular flexibility index (Phi) is 26.2. The van der Waals surface area contributed by atoms with Crippen LogP contribution in [-0.2, 0) is 28.4 Å². The summed E-state index contributed by atoms with van der Waals surface area (Å²) in [6, 6.07) is 1.48. The number of aromatic nitrogens is 18. The fourth-order valence-corrected chi connectivity index (χ4v) is 12.7. The van der Waals surface area contributed by atoms with Crippen LogP contribution in [0.1, 0.15) is 81.5 Å². The lowest BCUT2D eigenvalue weighted by Gasteiger charge is -2.14. The van der Waals surface area contributed by atoms with E-state index in [4.69, 9.17) is 87.7 Å². The Bertz CT molecular complexity index is 4810. The predicted octanol–water partition coefficient (Wildman–Crippen LogP) is -6.62. The largest absolute Gasteiger partial charge is 0.394 e. The summed E-state index contributed by atoms with van der Waals surface area (Å²) in [5.41, 5.74) is 28.1. The van der Waals surface area contributed by atoms with Crippen molar-refractivity contribution >= 4 is 94.6 Å². The molecule has 15 rings (SSSR count). The van der Waals surface area contributed by atoms with Crippen LogP contribution in [0.3, 0.4) is 0 Å². The van der Waals surface area contributed by atoms with Gasteiger partial charge in [0.05, 0.1) is 93.4 Å². The Hall–Kier alpha value is -8.87. The van der Waals surface area contributed by atoms with Gasteiger partial charge in [-0.15, -0.1) is 0 Å². The van der Waals surface area contributed by atoms with Gasteiger partial charge in [0.25, 0.3) is 11.1 Å². The van der Waals surface area contributed by atoms with Gasteiger partial charge in [-0.25, -0.2) is 49.3 Å². The number of rotatable bonds is 12. The van der Waals surface area contributed by atoms with Gasteiger partial charge in [0.1, 0.15) is 104 Å². The van der Waals surface area contributed by atoms with E-state index in [2.05, 4.69) is 91.7 Å². The summed E-state index contributed by atoms with van der Waals surface area (Å²) in [6.45, 7) is -0.0514. The number of fused-ring (bicyclic) bond motifs is 3. The van der Waals surface area contributed by atoms with Crippen molar-refractivity contribution in [3.05, 3.63) is 117 Å². The van der Waals surface area contributed by atoms with E-state index in [1.807, 2.05) is 0 Å². The lowest BCUT2D eigenvalue weighted by molar-refractivity contribution is -0.0459. The molecule has 18 atom stereocenters. The molecule has 106 heavy (non-hydrogen) atoms. The quantitative estimate of drug-likeness (QED) is 0.0506. The molecule has 15 heterocycles. The maximum absolute atomic E-state index is 11.6. The molecule has 18 unspecified atom stereocenters. The van der Waals surface area contributed by atoms with Gasteiger partial charge in [-0.3, -0.25) is 47.0 Å². The number of anilines is 5. The van der Waals surface area contributed by atoms with E-state index in [0.717, 1.165) is 0 Å². The molecule has 0 bridgehead atoms. The molecule has 0 saturated carbocycles. The van der Waals surface area contributed by atoms with Crippen molar-refractivity contribution in [2.24, 2.45) is 0 Å². The van der Waals surface area contributed by atoms with Crippen LogP contribution in [0.5, 0.6) is 0 Å². The number of nitrogens with one attached hydrogen (secondary N) is 2. The van der Waals surface area contributed by atoms with Crippen molar-refractivity contribution in [3.63, 3.8) is 0 Å². The van der Waals surface area contributed by atoms with Crippen molar-refractivity contribution in [1.29, 1.82) is 0 Å². The molecule has 6 aliphatic heterocycles. The number of halogens is 2. The van der Waals surface area contributed by atoms with E-state index < -0.39 is 139 Å². The Morgan fingerprint density at radius 2 is 0.858 bits per heavy atom. The highest BCUT2D eigenvalue weighted by Gasteiger charge is 2.41. The first-order valence-electron chi connectivity index (χ1n) is 32.2. The topological polar surface area (TPSA) is 704 Å². The molecule has 0 aromatic carbocycles.